The summed E-state index contributed by atoms with van der Waals surface area (Å²) in [6, 6.07) is 6.85. The van der Waals surface area contributed by atoms with Gasteiger partial charge in [-0.1, -0.05) is 22.0 Å². The van der Waals surface area contributed by atoms with E-state index in [0.29, 0.717) is 24.5 Å². The van der Waals surface area contributed by atoms with Crippen molar-refractivity contribution in [2.24, 2.45) is 0 Å². The average Bonchev–Trinajstić information content (AvgIpc) is 2.58. The highest BCUT2D eigenvalue weighted by atomic mass is 79.9. The molecule has 102 valence electrons. The van der Waals surface area contributed by atoms with E-state index in [1.807, 2.05) is 6.07 Å². The van der Waals surface area contributed by atoms with E-state index in [4.69, 9.17) is 0 Å². The Hall–Kier alpha value is -0.140. The summed E-state index contributed by atoms with van der Waals surface area (Å²) in [4.78, 5) is 0.355. The van der Waals surface area contributed by atoms with Gasteiger partial charge in [0.05, 0.1) is 4.90 Å². The lowest BCUT2D eigenvalue weighted by molar-refractivity contribution is 0.432. The third kappa shape index (κ3) is 3.68. The first-order valence-corrected chi connectivity index (χ1v) is 7.80. The Labute approximate surface area is 122 Å². The van der Waals surface area contributed by atoms with Crippen LogP contribution < -0.4 is 5.32 Å². The summed E-state index contributed by atoms with van der Waals surface area (Å²) in [5.74, 6) is 0. The van der Waals surface area contributed by atoms with Gasteiger partial charge in [0.15, 0.2) is 0 Å². The Balaban J connectivity index is 0.00000162. The molecule has 7 heteroatoms. The normalized spacial score (nSPS) is 17.8. The lowest BCUT2D eigenvalue weighted by Gasteiger charge is -2.19. The molecule has 4 nitrogen and oxygen atoms in total. The van der Waals surface area contributed by atoms with Crippen LogP contribution in [0.5, 0.6) is 0 Å². The van der Waals surface area contributed by atoms with Crippen LogP contribution in [0, 0.1) is 0 Å². The van der Waals surface area contributed by atoms with E-state index in [2.05, 4.69) is 21.2 Å². The molecule has 1 aliphatic rings. The maximum absolute atomic E-state index is 12.4. The van der Waals surface area contributed by atoms with Gasteiger partial charge >= 0.3 is 0 Å². The summed E-state index contributed by atoms with van der Waals surface area (Å²) in [6.07, 6.45) is 0.854. The smallest absolute Gasteiger partial charge is 0.243 e. The van der Waals surface area contributed by atoms with Gasteiger partial charge in [-0.05, 0) is 31.2 Å². The van der Waals surface area contributed by atoms with E-state index in [0.717, 1.165) is 17.4 Å². The van der Waals surface area contributed by atoms with Gasteiger partial charge in [0.2, 0.25) is 10.0 Å². The molecule has 1 N–H and O–H groups in total. The molecular weight excluding hydrogens is 340 g/mol. The second-order valence-corrected chi connectivity index (χ2v) is 6.82. The number of benzene rings is 1. The zero-order chi connectivity index (χ0) is 12.3. The number of hydrogen-bond acceptors (Lipinski definition) is 3. The summed E-state index contributed by atoms with van der Waals surface area (Å²) >= 11 is 3.30. The Bertz CT molecular complexity index is 488. The van der Waals surface area contributed by atoms with Crippen molar-refractivity contribution in [1.29, 1.82) is 0 Å². The van der Waals surface area contributed by atoms with Crippen molar-refractivity contribution in [1.82, 2.24) is 9.62 Å². The van der Waals surface area contributed by atoms with Crippen LogP contribution in [0.4, 0.5) is 0 Å². The number of nitrogens with one attached hydrogen (secondary N) is 1. The number of hydrogen-bond donors (Lipinski definition) is 1. The molecule has 1 saturated heterocycles. The zero-order valence-electron chi connectivity index (χ0n) is 9.80. The van der Waals surface area contributed by atoms with Gasteiger partial charge in [-0.3, -0.25) is 0 Å². The lowest BCUT2D eigenvalue weighted by atomic mass is 10.4. The Morgan fingerprint density at radius 1 is 1.22 bits per heavy atom. The fraction of sp³-hybridized carbons (Fsp3) is 0.455. The maximum atomic E-state index is 12.4. The SMILES string of the molecule is Cl.O=S(=O)(c1cccc(Br)c1)N1CCCNCC1. The molecule has 0 aromatic heterocycles. The van der Waals surface area contributed by atoms with Crippen LogP contribution in [0.3, 0.4) is 0 Å². The van der Waals surface area contributed by atoms with Gasteiger partial charge in [-0.15, -0.1) is 12.4 Å². The summed E-state index contributed by atoms with van der Waals surface area (Å²) in [5.41, 5.74) is 0. The molecule has 0 atom stereocenters. The average molecular weight is 356 g/mol. The minimum absolute atomic E-state index is 0. The minimum Gasteiger partial charge on any atom is -0.315 e. The van der Waals surface area contributed by atoms with Crippen LogP contribution in [0.1, 0.15) is 6.42 Å². The maximum Gasteiger partial charge on any atom is 0.243 e. The number of nitrogens with zero attached hydrogens (tertiary/aromatic N) is 1. The quantitative estimate of drug-likeness (QED) is 0.881. The lowest BCUT2D eigenvalue weighted by Crippen LogP contribution is -2.34. The van der Waals surface area contributed by atoms with Crippen LogP contribution in [-0.4, -0.2) is 38.9 Å². The molecule has 1 aliphatic heterocycles. The van der Waals surface area contributed by atoms with E-state index in [9.17, 15) is 8.42 Å². The molecule has 1 fully saturated rings. The van der Waals surface area contributed by atoms with Crippen molar-refractivity contribution < 1.29 is 8.42 Å². The van der Waals surface area contributed by atoms with Crippen molar-refractivity contribution in [2.75, 3.05) is 26.2 Å². The number of halogens is 2. The minimum atomic E-state index is -3.34. The van der Waals surface area contributed by atoms with Crippen LogP contribution in [0.25, 0.3) is 0 Å². The molecule has 2 rings (SSSR count). The molecule has 0 radical (unpaired) electrons. The molecule has 0 amide bonds. The molecule has 0 spiro atoms. The van der Waals surface area contributed by atoms with E-state index in [1.165, 1.54) is 0 Å². The van der Waals surface area contributed by atoms with Gasteiger partial charge in [0.1, 0.15) is 0 Å². The summed E-state index contributed by atoms with van der Waals surface area (Å²) in [5, 5.41) is 3.20. The first-order valence-electron chi connectivity index (χ1n) is 5.57. The molecule has 18 heavy (non-hydrogen) atoms. The predicted octanol–water partition coefficient (Wildman–Crippen LogP) is 1.85. The largest absolute Gasteiger partial charge is 0.315 e. The number of sulfonamides is 1. The number of rotatable bonds is 2. The molecule has 1 heterocycles. The Morgan fingerprint density at radius 3 is 2.72 bits per heavy atom. The van der Waals surface area contributed by atoms with Crippen molar-refractivity contribution in [3.8, 4) is 0 Å². The van der Waals surface area contributed by atoms with E-state index in [-0.39, 0.29) is 12.4 Å². The first-order chi connectivity index (χ1) is 8.10. The van der Waals surface area contributed by atoms with Crippen molar-refractivity contribution in [3.05, 3.63) is 28.7 Å². The van der Waals surface area contributed by atoms with Crippen molar-refractivity contribution in [3.63, 3.8) is 0 Å². The second-order valence-electron chi connectivity index (χ2n) is 3.97. The van der Waals surface area contributed by atoms with Gasteiger partial charge in [-0.25, -0.2) is 8.42 Å². The summed E-state index contributed by atoms with van der Waals surface area (Å²) in [7, 11) is -3.34. The Morgan fingerprint density at radius 2 is 2.00 bits per heavy atom. The molecule has 0 aliphatic carbocycles. The molecule has 1 aromatic rings. The van der Waals surface area contributed by atoms with Gasteiger partial charge in [0, 0.05) is 24.1 Å². The van der Waals surface area contributed by atoms with Gasteiger partial charge in [0.25, 0.3) is 0 Å². The first kappa shape index (κ1) is 15.9. The summed E-state index contributed by atoms with van der Waals surface area (Å²) < 4.78 is 27.1. The third-order valence-electron chi connectivity index (χ3n) is 2.73. The molecule has 0 unspecified atom stereocenters. The van der Waals surface area contributed by atoms with E-state index >= 15 is 0 Å². The van der Waals surface area contributed by atoms with Crippen molar-refractivity contribution in [2.45, 2.75) is 11.3 Å². The topological polar surface area (TPSA) is 49.4 Å². The van der Waals surface area contributed by atoms with Crippen LogP contribution in [0.15, 0.2) is 33.6 Å². The highest BCUT2D eigenvalue weighted by Gasteiger charge is 2.24. The van der Waals surface area contributed by atoms with Crippen molar-refractivity contribution >= 4 is 38.4 Å². The third-order valence-corrected chi connectivity index (χ3v) is 5.12. The Kier molecular flexibility index (Phi) is 6.07. The van der Waals surface area contributed by atoms with Crippen LogP contribution >= 0.6 is 28.3 Å². The highest BCUT2D eigenvalue weighted by Crippen LogP contribution is 2.20. The highest BCUT2D eigenvalue weighted by molar-refractivity contribution is 9.10. The van der Waals surface area contributed by atoms with Crippen LogP contribution in [0.2, 0.25) is 0 Å². The summed E-state index contributed by atoms with van der Waals surface area (Å²) in [6.45, 7) is 2.72. The fourth-order valence-corrected chi connectivity index (χ4v) is 3.91. The molecule has 0 saturated carbocycles. The standard InChI is InChI=1S/C11H15BrN2O2S.ClH/c12-10-3-1-4-11(9-10)17(15,16)14-7-2-5-13-6-8-14;/h1,3-4,9,13H,2,5-8H2;1H. The van der Waals surface area contributed by atoms with Crippen LogP contribution in [-0.2, 0) is 10.0 Å². The van der Waals surface area contributed by atoms with Gasteiger partial charge in [-0.2, -0.15) is 4.31 Å². The van der Waals surface area contributed by atoms with E-state index in [1.54, 1.807) is 22.5 Å². The predicted molar refractivity (Wildman–Crippen MR) is 77.6 cm³/mol. The van der Waals surface area contributed by atoms with E-state index < -0.39 is 10.0 Å². The van der Waals surface area contributed by atoms with Gasteiger partial charge < -0.3 is 5.32 Å². The second kappa shape index (κ2) is 6.86. The zero-order valence-corrected chi connectivity index (χ0v) is 13.0. The molecule has 0 bridgehead atoms. The molecule has 1 aromatic carbocycles. The molecular formula is C11H16BrClN2O2S. The monoisotopic (exact) mass is 354 g/mol. The fourth-order valence-electron chi connectivity index (χ4n) is 1.84.